The maximum absolute atomic E-state index is 13.4. The molecular weight excluding hydrogens is 514 g/mol. The number of aliphatic carboxylic acids is 1. The second-order valence-electron chi connectivity index (χ2n) is 9.05. The molecule has 0 aliphatic heterocycles. The number of ether oxygens (including phenoxy) is 2. The number of carboxylic acids is 1. The number of Topliss-reactive ketones (excluding diaryl/α,β-unsaturated/α-hetero) is 1. The summed E-state index contributed by atoms with van der Waals surface area (Å²) in [6, 6.07) is 12.9. The topological polar surface area (TPSA) is 131 Å². The van der Waals surface area contributed by atoms with Crippen LogP contribution in [-0.2, 0) is 19.2 Å². The van der Waals surface area contributed by atoms with Crippen molar-refractivity contribution < 1.29 is 42.5 Å². The average molecular weight is 543 g/mol. The van der Waals surface area contributed by atoms with Gasteiger partial charge in [0.25, 0.3) is 5.91 Å². The molecule has 0 aliphatic carbocycles. The molecular formula is C28H28F2N2O7. The quantitative estimate of drug-likeness (QED) is 0.302. The van der Waals surface area contributed by atoms with Crippen LogP contribution in [0.1, 0.15) is 20.3 Å². The molecule has 0 fully saturated rings. The molecule has 0 spiro atoms. The number of ketones is 1. The van der Waals surface area contributed by atoms with E-state index in [-0.39, 0.29) is 12.4 Å². The van der Waals surface area contributed by atoms with E-state index in [4.69, 9.17) is 9.47 Å². The van der Waals surface area contributed by atoms with Crippen LogP contribution in [0.25, 0.3) is 10.8 Å². The molecule has 0 radical (unpaired) electrons. The van der Waals surface area contributed by atoms with Crippen molar-refractivity contribution in [3.63, 3.8) is 0 Å². The lowest BCUT2D eigenvalue weighted by atomic mass is 10.0. The minimum atomic E-state index is -1.50. The Labute approximate surface area is 223 Å². The third-order valence-corrected chi connectivity index (χ3v) is 5.73. The van der Waals surface area contributed by atoms with Crippen molar-refractivity contribution in [3.05, 3.63) is 72.3 Å². The zero-order valence-electron chi connectivity index (χ0n) is 21.3. The summed E-state index contributed by atoms with van der Waals surface area (Å²) in [4.78, 5) is 49.6. The monoisotopic (exact) mass is 542 g/mol. The maximum Gasteiger partial charge on any atom is 0.305 e. The maximum atomic E-state index is 13.4. The van der Waals surface area contributed by atoms with Crippen LogP contribution in [0, 0.1) is 17.6 Å². The SMILES string of the molecule is CC(C)[C@H](NC(=O)COc1cccc2ccccc12)C(=O)N[C@@H](CC(=O)O)C(=O)COc1ccc(F)c(F)c1. The third kappa shape index (κ3) is 8.22. The lowest BCUT2D eigenvalue weighted by Gasteiger charge is -2.24. The van der Waals surface area contributed by atoms with Crippen LogP contribution in [-0.4, -0.2) is 54.0 Å². The summed E-state index contributed by atoms with van der Waals surface area (Å²) in [6.45, 7) is 2.23. The van der Waals surface area contributed by atoms with Crippen LogP contribution >= 0.6 is 0 Å². The van der Waals surface area contributed by atoms with Crippen molar-refractivity contribution in [1.29, 1.82) is 0 Å². The van der Waals surface area contributed by atoms with Crippen molar-refractivity contribution in [2.24, 2.45) is 5.92 Å². The second-order valence-corrected chi connectivity index (χ2v) is 9.05. The molecule has 3 aromatic carbocycles. The predicted octanol–water partition coefficient (Wildman–Crippen LogP) is 3.25. The number of carbonyl (C=O) groups is 4. The van der Waals surface area contributed by atoms with Crippen LogP contribution in [0.3, 0.4) is 0 Å². The Kier molecular flexibility index (Phi) is 9.91. The highest BCUT2D eigenvalue weighted by Crippen LogP contribution is 2.25. The summed E-state index contributed by atoms with van der Waals surface area (Å²) in [5.74, 6) is -5.94. The van der Waals surface area contributed by atoms with E-state index in [1.165, 1.54) is 0 Å². The van der Waals surface area contributed by atoms with E-state index >= 15 is 0 Å². The number of carbonyl (C=O) groups excluding carboxylic acids is 3. The van der Waals surface area contributed by atoms with Gasteiger partial charge >= 0.3 is 5.97 Å². The standard InChI is InChI=1S/C28H28F2N2O7/c1-16(2)27(32-25(34)15-39-24-9-5-7-17-6-3-4-8-19(17)24)28(37)31-22(13-26(35)36)23(33)14-38-18-10-11-20(29)21(30)12-18/h3-12,16,22,27H,13-15H2,1-2H3,(H,31,37)(H,32,34)(H,35,36)/t22-,27-/m0/s1. The molecule has 0 aliphatic rings. The van der Waals surface area contributed by atoms with Gasteiger partial charge in [-0.3, -0.25) is 19.2 Å². The van der Waals surface area contributed by atoms with Crippen molar-refractivity contribution in [1.82, 2.24) is 10.6 Å². The Morgan fingerprint density at radius 2 is 1.59 bits per heavy atom. The summed E-state index contributed by atoms with van der Waals surface area (Å²) in [5.41, 5.74) is 0. The van der Waals surface area contributed by atoms with Crippen LogP contribution in [0.5, 0.6) is 11.5 Å². The zero-order valence-corrected chi connectivity index (χ0v) is 21.3. The van der Waals surface area contributed by atoms with Gasteiger partial charge in [-0.2, -0.15) is 0 Å². The van der Waals surface area contributed by atoms with Gasteiger partial charge < -0.3 is 25.2 Å². The van der Waals surface area contributed by atoms with E-state index in [0.29, 0.717) is 5.75 Å². The zero-order chi connectivity index (χ0) is 28.5. The van der Waals surface area contributed by atoms with Gasteiger partial charge in [0.1, 0.15) is 30.2 Å². The van der Waals surface area contributed by atoms with Gasteiger partial charge in [-0.25, -0.2) is 8.78 Å². The number of nitrogens with one attached hydrogen (secondary N) is 2. The van der Waals surface area contributed by atoms with E-state index in [2.05, 4.69) is 10.6 Å². The van der Waals surface area contributed by atoms with Crippen LogP contribution in [0.4, 0.5) is 8.78 Å². The highest BCUT2D eigenvalue weighted by molar-refractivity contribution is 5.95. The molecule has 9 nitrogen and oxygen atoms in total. The summed E-state index contributed by atoms with van der Waals surface area (Å²) in [5, 5.41) is 15.9. The van der Waals surface area contributed by atoms with Crippen molar-refractivity contribution >= 4 is 34.3 Å². The normalized spacial score (nSPS) is 12.4. The lowest BCUT2D eigenvalue weighted by molar-refractivity contribution is -0.141. The molecule has 0 saturated heterocycles. The molecule has 206 valence electrons. The van der Waals surface area contributed by atoms with E-state index in [1.807, 2.05) is 30.3 Å². The van der Waals surface area contributed by atoms with E-state index in [1.54, 1.807) is 26.0 Å². The van der Waals surface area contributed by atoms with Crippen LogP contribution in [0.2, 0.25) is 0 Å². The molecule has 0 aromatic heterocycles. The molecule has 2 amide bonds. The van der Waals surface area contributed by atoms with Crippen LogP contribution < -0.4 is 20.1 Å². The molecule has 3 N–H and O–H groups in total. The third-order valence-electron chi connectivity index (χ3n) is 5.73. The summed E-state index contributed by atoms with van der Waals surface area (Å²) in [6.07, 6.45) is -0.755. The Bertz CT molecular complexity index is 1360. The number of rotatable bonds is 13. The first-order chi connectivity index (χ1) is 18.5. The van der Waals surface area contributed by atoms with Gasteiger partial charge in [0.05, 0.1) is 6.42 Å². The molecule has 0 bridgehead atoms. The lowest BCUT2D eigenvalue weighted by Crippen LogP contribution is -2.55. The molecule has 0 unspecified atom stereocenters. The Morgan fingerprint density at radius 3 is 2.28 bits per heavy atom. The molecule has 3 aromatic rings. The van der Waals surface area contributed by atoms with Crippen LogP contribution in [0.15, 0.2) is 60.7 Å². The number of amides is 2. The number of carboxylic acid groups (broad SMARTS) is 1. The van der Waals surface area contributed by atoms with Gasteiger partial charge in [-0.05, 0) is 29.5 Å². The molecule has 3 rings (SSSR count). The highest BCUT2D eigenvalue weighted by atomic mass is 19.2. The van der Waals surface area contributed by atoms with Gasteiger partial charge in [-0.1, -0.05) is 50.2 Å². The minimum absolute atomic E-state index is 0.152. The van der Waals surface area contributed by atoms with Gasteiger partial charge in [-0.15, -0.1) is 0 Å². The number of hydrogen-bond acceptors (Lipinski definition) is 6. The van der Waals surface area contributed by atoms with E-state index < -0.39 is 66.2 Å². The van der Waals surface area contributed by atoms with Gasteiger partial charge in [0.2, 0.25) is 5.91 Å². The Balaban J connectivity index is 1.62. The molecule has 11 heteroatoms. The molecule has 39 heavy (non-hydrogen) atoms. The number of hydrogen-bond donors (Lipinski definition) is 3. The predicted molar refractivity (Wildman–Crippen MR) is 137 cm³/mol. The smallest absolute Gasteiger partial charge is 0.305 e. The molecule has 0 heterocycles. The summed E-state index contributed by atoms with van der Waals surface area (Å²) in [7, 11) is 0. The minimum Gasteiger partial charge on any atom is -0.486 e. The fourth-order valence-corrected chi connectivity index (χ4v) is 3.72. The largest absolute Gasteiger partial charge is 0.486 e. The number of halogens is 2. The van der Waals surface area contributed by atoms with Gasteiger partial charge in [0.15, 0.2) is 24.0 Å². The number of fused-ring (bicyclic) bond motifs is 1. The van der Waals surface area contributed by atoms with Crippen molar-refractivity contribution in [3.8, 4) is 11.5 Å². The van der Waals surface area contributed by atoms with E-state index in [0.717, 1.165) is 29.0 Å². The fraction of sp³-hybridized carbons (Fsp3) is 0.286. The summed E-state index contributed by atoms with van der Waals surface area (Å²) < 4.78 is 37.3. The second kappa shape index (κ2) is 13.3. The first kappa shape index (κ1) is 29.0. The van der Waals surface area contributed by atoms with Crippen molar-refractivity contribution in [2.45, 2.75) is 32.4 Å². The first-order valence-corrected chi connectivity index (χ1v) is 12.1. The molecule has 2 atom stereocenters. The van der Waals surface area contributed by atoms with Gasteiger partial charge in [0, 0.05) is 11.5 Å². The number of benzene rings is 3. The molecule has 0 saturated carbocycles. The highest BCUT2D eigenvalue weighted by Gasteiger charge is 2.30. The Hall–Kier alpha value is -4.54. The summed E-state index contributed by atoms with van der Waals surface area (Å²) >= 11 is 0. The Morgan fingerprint density at radius 1 is 0.872 bits per heavy atom. The van der Waals surface area contributed by atoms with E-state index in [9.17, 15) is 33.1 Å². The average Bonchev–Trinajstić information content (AvgIpc) is 2.90. The van der Waals surface area contributed by atoms with Crippen molar-refractivity contribution in [2.75, 3.05) is 13.2 Å². The fourth-order valence-electron chi connectivity index (χ4n) is 3.72. The first-order valence-electron chi connectivity index (χ1n) is 12.1.